The van der Waals surface area contributed by atoms with E-state index in [9.17, 15) is 4.79 Å². The molecule has 0 aromatic heterocycles. The number of hydrogen-bond acceptors (Lipinski definition) is 4. The SMILES string of the molecule is COc1ccc(C2CNC(=O)OC23CCNCC3)cc1. The van der Waals surface area contributed by atoms with Crippen molar-refractivity contribution in [3.63, 3.8) is 0 Å². The minimum Gasteiger partial charge on any atom is -0.497 e. The van der Waals surface area contributed by atoms with Crippen LogP contribution in [-0.4, -0.2) is 38.4 Å². The van der Waals surface area contributed by atoms with E-state index in [1.54, 1.807) is 7.11 Å². The van der Waals surface area contributed by atoms with Crippen molar-refractivity contribution in [1.82, 2.24) is 10.6 Å². The topological polar surface area (TPSA) is 59.6 Å². The first kappa shape index (κ1) is 13.2. The van der Waals surface area contributed by atoms with Crippen LogP contribution in [0.15, 0.2) is 24.3 Å². The van der Waals surface area contributed by atoms with Crippen LogP contribution in [0.4, 0.5) is 4.79 Å². The zero-order valence-corrected chi connectivity index (χ0v) is 11.6. The van der Waals surface area contributed by atoms with Gasteiger partial charge in [0, 0.05) is 25.3 Å². The number of alkyl carbamates (subject to hydrolysis) is 1. The van der Waals surface area contributed by atoms with Gasteiger partial charge >= 0.3 is 6.09 Å². The van der Waals surface area contributed by atoms with Crippen LogP contribution in [-0.2, 0) is 4.74 Å². The molecule has 1 aromatic rings. The van der Waals surface area contributed by atoms with Gasteiger partial charge in [0.05, 0.1) is 7.11 Å². The molecule has 1 spiro atoms. The molecule has 2 saturated heterocycles. The van der Waals surface area contributed by atoms with Crippen LogP contribution in [0.2, 0.25) is 0 Å². The fourth-order valence-electron chi connectivity index (χ4n) is 3.22. The molecular formula is C15H20N2O3. The average molecular weight is 276 g/mol. The highest BCUT2D eigenvalue weighted by Gasteiger charge is 2.47. The fraction of sp³-hybridized carbons (Fsp3) is 0.533. The fourth-order valence-corrected chi connectivity index (χ4v) is 3.22. The van der Waals surface area contributed by atoms with Crippen LogP contribution < -0.4 is 15.4 Å². The maximum Gasteiger partial charge on any atom is 0.407 e. The second-order valence-corrected chi connectivity index (χ2v) is 5.41. The van der Waals surface area contributed by atoms with E-state index >= 15 is 0 Å². The van der Waals surface area contributed by atoms with Gasteiger partial charge in [-0.2, -0.15) is 0 Å². The summed E-state index contributed by atoms with van der Waals surface area (Å²) in [5.41, 5.74) is 0.815. The standard InChI is InChI=1S/C15H20N2O3/c1-19-12-4-2-11(3-5-12)13-10-17-14(18)20-15(13)6-8-16-9-7-15/h2-5,13,16H,6-10H2,1H3,(H,17,18). The van der Waals surface area contributed by atoms with Gasteiger partial charge in [-0.3, -0.25) is 0 Å². The quantitative estimate of drug-likeness (QED) is 0.862. The van der Waals surface area contributed by atoms with Crippen molar-refractivity contribution < 1.29 is 14.3 Å². The van der Waals surface area contributed by atoms with E-state index in [0.29, 0.717) is 6.54 Å². The summed E-state index contributed by atoms with van der Waals surface area (Å²) in [5.74, 6) is 1.03. The summed E-state index contributed by atoms with van der Waals surface area (Å²) in [4.78, 5) is 11.6. The Morgan fingerprint density at radius 3 is 2.60 bits per heavy atom. The van der Waals surface area contributed by atoms with Gasteiger partial charge in [-0.15, -0.1) is 0 Å². The minimum atomic E-state index is -0.373. The molecule has 2 aliphatic rings. The van der Waals surface area contributed by atoms with Crippen LogP contribution >= 0.6 is 0 Å². The van der Waals surface area contributed by atoms with E-state index in [-0.39, 0.29) is 17.6 Å². The maximum atomic E-state index is 11.6. The maximum absolute atomic E-state index is 11.6. The molecule has 1 atom stereocenters. The Kier molecular flexibility index (Phi) is 3.53. The van der Waals surface area contributed by atoms with E-state index < -0.39 is 0 Å². The normalized spacial score (nSPS) is 24.9. The third-order valence-electron chi connectivity index (χ3n) is 4.35. The summed E-state index contributed by atoms with van der Waals surface area (Å²) >= 11 is 0. The number of carbonyl (C=O) groups is 1. The lowest BCUT2D eigenvalue weighted by Crippen LogP contribution is -2.57. The van der Waals surface area contributed by atoms with Gasteiger partial charge in [-0.05, 0) is 30.8 Å². The van der Waals surface area contributed by atoms with Crippen molar-refractivity contribution in [1.29, 1.82) is 0 Å². The van der Waals surface area contributed by atoms with Crippen molar-refractivity contribution in [3.05, 3.63) is 29.8 Å². The molecule has 0 saturated carbocycles. The third-order valence-corrected chi connectivity index (χ3v) is 4.35. The Bertz CT molecular complexity index is 480. The van der Waals surface area contributed by atoms with E-state index in [0.717, 1.165) is 31.7 Å². The Balaban J connectivity index is 1.89. The number of ether oxygens (including phenoxy) is 2. The lowest BCUT2D eigenvalue weighted by Gasteiger charge is -2.46. The number of nitrogens with one attached hydrogen (secondary N) is 2. The summed E-state index contributed by atoms with van der Waals surface area (Å²) in [7, 11) is 1.66. The number of piperidine rings is 1. The highest BCUT2D eigenvalue weighted by molar-refractivity contribution is 5.69. The number of amides is 1. The monoisotopic (exact) mass is 276 g/mol. The molecule has 2 fully saturated rings. The van der Waals surface area contributed by atoms with Crippen molar-refractivity contribution in [2.24, 2.45) is 0 Å². The van der Waals surface area contributed by atoms with Crippen LogP contribution in [0.25, 0.3) is 0 Å². The largest absolute Gasteiger partial charge is 0.497 e. The minimum absolute atomic E-state index is 0.188. The highest BCUT2D eigenvalue weighted by atomic mass is 16.6. The molecule has 108 valence electrons. The van der Waals surface area contributed by atoms with Crippen molar-refractivity contribution in [2.45, 2.75) is 24.4 Å². The first-order chi connectivity index (χ1) is 9.73. The molecule has 1 amide bonds. The molecule has 2 heterocycles. The van der Waals surface area contributed by atoms with Gasteiger partial charge in [0.25, 0.3) is 0 Å². The summed E-state index contributed by atoms with van der Waals surface area (Å²) in [6, 6.07) is 8.04. The Morgan fingerprint density at radius 1 is 1.25 bits per heavy atom. The number of hydrogen-bond donors (Lipinski definition) is 2. The third kappa shape index (κ3) is 2.33. The molecule has 5 heteroatoms. The highest BCUT2D eigenvalue weighted by Crippen LogP contribution is 2.40. The van der Waals surface area contributed by atoms with E-state index in [4.69, 9.17) is 9.47 Å². The Labute approximate surface area is 118 Å². The van der Waals surface area contributed by atoms with E-state index in [1.807, 2.05) is 12.1 Å². The second-order valence-electron chi connectivity index (χ2n) is 5.41. The zero-order valence-electron chi connectivity index (χ0n) is 11.6. The van der Waals surface area contributed by atoms with Gasteiger partial charge < -0.3 is 20.1 Å². The van der Waals surface area contributed by atoms with Crippen molar-refractivity contribution in [2.75, 3.05) is 26.7 Å². The summed E-state index contributed by atoms with van der Waals surface area (Å²) in [6.07, 6.45) is 1.42. The van der Waals surface area contributed by atoms with E-state index in [1.165, 1.54) is 5.56 Å². The molecule has 3 rings (SSSR count). The molecule has 1 unspecified atom stereocenters. The summed E-state index contributed by atoms with van der Waals surface area (Å²) < 4.78 is 10.9. The number of rotatable bonds is 2. The van der Waals surface area contributed by atoms with Gasteiger partial charge in [-0.1, -0.05) is 12.1 Å². The van der Waals surface area contributed by atoms with Gasteiger partial charge in [-0.25, -0.2) is 4.79 Å². The Morgan fingerprint density at radius 2 is 1.95 bits per heavy atom. The molecule has 20 heavy (non-hydrogen) atoms. The number of carbonyl (C=O) groups excluding carboxylic acids is 1. The Hall–Kier alpha value is -1.75. The van der Waals surface area contributed by atoms with Crippen LogP contribution in [0.5, 0.6) is 5.75 Å². The zero-order chi connectivity index (χ0) is 14.0. The number of methoxy groups -OCH3 is 1. The first-order valence-corrected chi connectivity index (χ1v) is 7.05. The summed E-state index contributed by atoms with van der Waals surface area (Å²) in [6.45, 7) is 2.41. The van der Waals surface area contributed by atoms with E-state index in [2.05, 4.69) is 22.8 Å². The summed E-state index contributed by atoms with van der Waals surface area (Å²) in [5, 5.41) is 6.15. The molecule has 5 nitrogen and oxygen atoms in total. The van der Waals surface area contributed by atoms with Crippen LogP contribution in [0, 0.1) is 0 Å². The van der Waals surface area contributed by atoms with Gasteiger partial charge in [0.1, 0.15) is 11.4 Å². The molecular weight excluding hydrogens is 256 g/mol. The smallest absolute Gasteiger partial charge is 0.407 e. The average Bonchev–Trinajstić information content (AvgIpc) is 2.48. The first-order valence-electron chi connectivity index (χ1n) is 7.05. The molecule has 0 bridgehead atoms. The van der Waals surface area contributed by atoms with Crippen molar-refractivity contribution in [3.8, 4) is 5.75 Å². The molecule has 2 N–H and O–H groups in total. The van der Waals surface area contributed by atoms with Crippen LogP contribution in [0.3, 0.4) is 0 Å². The lowest BCUT2D eigenvalue weighted by molar-refractivity contribution is -0.0494. The van der Waals surface area contributed by atoms with Crippen molar-refractivity contribution >= 4 is 6.09 Å². The predicted molar refractivity (Wildman–Crippen MR) is 75.1 cm³/mol. The molecule has 0 aliphatic carbocycles. The van der Waals surface area contributed by atoms with Gasteiger partial charge in [0.15, 0.2) is 0 Å². The van der Waals surface area contributed by atoms with Gasteiger partial charge in [0.2, 0.25) is 0 Å². The predicted octanol–water partition coefficient (Wildman–Crippen LogP) is 1.64. The van der Waals surface area contributed by atoms with Crippen LogP contribution in [0.1, 0.15) is 24.3 Å². The molecule has 2 aliphatic heterocycles. The molecule has 1 aromatic carbocycles. The lowest BCUT2D eigenvalue weighted by atomic mass is 9.75. The second kappa shape index (κ2) is 5.32. The number of benzene rings is 1. The molecule has 0 radical (unpaired) electrons.